The number of hydrogen-bond donors (Lipinski definition) is 1. The molecule has 22 heavy (non-hydrogen) atoms. The zero-order valence-electron chi connectivity index (χ0n) is 12.2. The van der Waals surface area contributed by atoms with Gasteiger partial charge < -0.3 is 14.6 Å². The molecule has 1 aromatic heterocycles. The van der Waals surface area contributed by atoms with Crippen molar-refractivity contribution in [2.24, 2.45) is 5.92 Å². The normalized spacial score (nSPS) is 16.9. The van der Waals surface area contributed by atoms with Gasteiger partial charge in [0.2, 0.25) is 0 Å². The summed E-state index contributed by atoms with van der Waals surface area (Å²) in [6.45, 7) is 0.798. The van der Waals surface area contributed by atoms with Crippen LogP contribution in [0, 0.1) is 5.92 Å². The molecule has 0 bridgehead atoms. The highest BCUT2D eigenvalue weighted by Crippen LogP contribution is 2.26. The molecule has 1 aromatic carbocycles. The number of hydrogen-bond acceptors (Lipinski definition) is 5. The zero-order chi connectivity index (χ0) is 15.5. The predicted octanol–water partition coefficient (Wildman–Crippen LogP) is 1.51. The van der Waals surface area contributed by atoms with Gasteiger partial charge in [0.1, 0.15) is 12.4 Å². The number of carboxylic acids is 1. The Bertz CT molecular complexity index is 683. The van der Waals surface area contributed by atoms with Gasteiger partial charge in [-0.15, -0.1) is 0 Å². The highest BCUT2D eigenvalue weighted by molar-refractivity contribution is 5.70. The molecule has 0 spiro atoms. The largest absolute Gasteiger partial charge is 0.493 e. The van der Waals surface area contributed by atoms with Crippen molar-refractivity contribution < 1.29 is 19.4 Å². The van der Waals surface area contributed by atoms with E-state index in [1.807, 2.05) is 24.3 Å². The quantitative estimate of drug-likeness (QED) is 0.901. The van der Waals surface area contributed by atoms with Crippen LogP contribution in [0.5, 0.6) is 11.5 Å². The summed E-state index contributed by atoms with van der Waals surface area (Å²) >= 11 is 0. The van der Waals surface area contributed by atoms with Gasteiger partial charge in [0.25, 0.3) is 0 Å². The van der Waals surface area contributed by atoms with Crippen LogP contribution in [0.4, 0.5) is 0 Å². The van der Waals surface area contributed by atoms with Crippen LogP contribution in [0.2, 0.25) is 0 Å². The highest BCUT2D eigenvalue weighted by Gasteiger charge is 2.26. The van der Waals surface area contributed by atoms with E-state index in [9.17, 15) is 4.79 Å². The summed E-state index contributed by atoms with van der Waals surface area (Å²) < 4.78 is 12.7. The van der Waals surface area contributed by atoms with Crippen LogP contribution >= 0.6 is 0 Å². The molecule has 1 atom stereocenters. The van der Waals surface area contributed by atoms with E-state index in [0.29, 0.717) is 42.5 Å². The van der Waals surface area contributed by atoms with Gasteiger partial charge in [-0.3, -0.25) is 4.79 Å². The van der Waals surface area contributed by atoms with E-state index >= 15 is 0 Å². The standard InChI is InChI=1S/C15H17N3O4/c1-21-11-4-2-3-5-12(11)22-9-13-16-14-8-10(15(19)20)6-7-18(14)17-13/h2-5,10H,6-9H2,1H3,(H,19,20). The lowest BCUT2D eigenvalue weighted by Crippen LogP contribution is -2.26. The molecule has 1 N–H and O–H groups in total. The fourth-order valence-corrected chi connectivity index (χ4v) is 2.51. The number of carbonyl (C=O) groups is 1. The van der Waals surface area contributed by atoms with E-state index in [-0.39, 0.29) is 12.5 Å². The van der Waals surface area contributed by atoms with E-state index < -0.39 is 5.97 Å². The molecule has 7 heteroatoms. The van der Waals surface area contributed by atoms with Crippen molar-refractivity contribution in [2.75, 3.05) is 7.11 Å². The number of rotatable bonds is 5. The maximum atomic E-state index is 11.1. The average Bonchev–Trinajstić information content (AvgIpc) is 2.95. The lowest BCUT2D eigenvalue weighted by molar-refractivity contribution is -0.142. The molecular weight excluding hydrogens is 286 g/mol. The van der Waals surface area contributed by atoms with Crippen molar-refractivity contribution in [1.82, 2.24) is 14.8 Å². The number of carboxylic acid groups (broad SMARTS) is 1. The number of aryl methyl sites for hydroxylation is 1. The highest BCUT2D eigenvalue weighted by atomic mass is 16.5. The van der Waals surface area contributed by atoms with Crippen LogP contribution < -0.4 is 9.47 Å². The molecule has 1 unspecified atom stereocenters. The van der Waals surface area contributed by atoms with Crippen molar-refractivity contribution in [2.45, 2.75) is 26.0 Å². The van der Waals surface area contributed by atoms with E-state index in [1.165, 1.54) is 0 Å². The minimum absolute atomic E-state index is 0.220. The second-order valence-corrected chi connectivity index (χ2v) is 5.13. The monoisotopic (exact) mass is 303 g/mol. The van der Waals surface area contributed by atoms with Gasteiger partial charge in [0.15, 0.2) is 17.3 Å². The Labute approximate surface area is 127 Å². The average molecular weight is 303 g/mol. The topological polar surface area (TPSA) is 86.5 Å². The van der Waals surface area contributed by atoms with Gasteiger partial charge in [-0.25, -0.2) is 9.67 Å². The molecule has 0 radical (unpaired) electrons. The minimum Gasteiger partial charge on any atom is -0.493 e. The van der Waals surface area contributed by atoms with Crippen molar-refractivity contribution in [1.29, 1.82) is 0 Å². The van der Waals surface area contributed by atoms with Gasteiger partial charge in [-0.05, 0) is 18.6 Å². The first kappa shape index (κ1) is 14.4. The number of aromatic nitrogens is 3. The van der Waals surface area contributed by atoms with Crippen LogP contribution in [-0.2, 0) is 24.4 Å². The molecule has 116 valence electrons. The second kappa shape index (κ2) is 6.05. The van der Waals surface area contributed by atoms with Gasteiger partial charge in [-0.1, -0.05) is 12.1 Å². The maximum absolute atomic E-state index is 11.1. The van der Waals surface area contributed by atoms with Gasteiger partial charge >= 0.3 is 5.97 Å². The van der Waals surface area contributed by atoms with Crippen LogP contribution in [-0.4, -0.2) is 33.0 Å². The Kier molecular flexibility index (Phi) is 3.95. The number of nitrogens with zero attached hydrogens (tertiary/aromatic N) is 3. The van der Waals surface area contributed by atoms with Crippen molar-refractivity contribution in [3.05, 3.63) is 35.9 Å². The summed E-state index contributed by atoms with van der Waals surface area (Å²) in [5.41, 5.74) is 0. The molecule has 2 aromatic rings. The van der Waals surface area contributed by atoms with Crippen LogP contribution in [0.15, 0.2) is 24.3 Å². The maximum Gasteiger partial charge on any atom is 0.307 e. The Morgan fingerprint density at radius 3 is 2.91 bits per heavy atom. The number of benzene rings is 1. The lowest BCUT2D eigenvalue weighted by atomic mass is 9.99. The third-order valence-electron chi connectivity index (χ3n) is 3.69. The first-order valence-electron chi connectivity index (χ1n) is 7.08. The molecule has 3 rings (SSSR count). The van der Waals surface area contributed by atoms with Gasteiger partial charge in [0, 0.05) is 13.0 Å². The molecule has 0 amide bonds. The van der Waals surface area contributed by atoms with E-state index in [1.54, 1.807) is 11.8 Å². The minimum atomic E-state index is -0.777. The smallest absolute Gasteiger partial charge is 0.307 e. The van der Waals surface area contributed by atoms with E-state index in [4.69, 9.17) is 14.6 Å². The Hall–Kier alpha value is -2.57. The molecule has 2 heterocycles. The van der Waals surface area contributed by atoms with Crippen molar-refractivity contribution >= 4 is 5.97 Å². The molecule has 7 nitrogen and oxygen atoms in total. The van der Waals surface area contributed by atoms with Gasteiger partial charge in [-0.2, -0.15) is 5.10 Å². The number of ether oxygens (including phenoxy) is 2. The summed E-state index contributed by atoms with van der Waals surface area (Å²) in [5.74, 6) is 1.38. The van der Waals surface area contributed by atoms with Crippen LogP contribution in [0.3, 0.4) is 0 Å². The SMILES string of the molecule is COc1ccccc1OCc1nc2n(n1)CCC(C(=O)O)C2. The van der Waals surface area contributed by atoms with E-state index in [2.05, 4.69) is 10.1 Å². The van der Waals surface area contributed by atoms with E-state index in [0.717, 1.165) is 0 Å². The molecule has 0 saturated heterocycles. The van der Waals surface area contributed by atoms with Crippen LogP contribution in [0.25, 0.3) is 0 Å². The number of aliphatic carboxylic acids is 1. The molecule has 1 aliphatic rings. The summed E-state index contributed by atoms with van der Waals surface area (Å²) in [7, 11) is 1.59. The molecule has 0 saturated carbocycles. The lowest BCUT2D eigenvalue weighted by Gasteiger charge is -2.17. The summed E-state index contributed by atoms with van der Waals surface area (Å²) in [6, 6.07) is 7.36. The summed E-state index contributed by atoms with van der Waals surface area (Å²) in [4.78, 5) is 15.4. The summed E-state index contributed by atoms with van der Waals surface area (Å²) in [6.07, 6.45) is 0.996. The fraction of sp³-hybridized carbons (Fsp3) is 0.400. The number of methoxy groups -OCH3 is 1. The van der Waals surface area contributed by atoms with Gasteiger partial charge in [0.05, 0.1) is 13.0 Å². The first-order chi connectivity index (χ1) is 10.7. The number of fused-ring (bicyclic) bond motifs is 1. The second-order valence-electron chi connectivity index (χ2n) is 5.13. The number of para-hydroxylation sites is 2. The Morgan fingerprint density at radius 1 is 1.41 bits per heavy atom. The zero-order valence-corrected chi connectivity index (χ0v) is 12.2. The molecule has 1 aliphatic heterocycles. The van der Waals surface area contributed by atoms with Crippen molar-refractivity contribution in [3.63, 3.8) is 0 Å². The van der Waals surface area contributed by atoms with Crippen molar-refractivity contribution in [3.8, 4) is 11.5 Å². The third-order valence-corrected chi connectivity index (χ3v) is 3.69. The van der Waals surface area contributed by atoms with Crippen LogP contribution in [0.1, 0.15) is 18.1 Å². The Balaban J connectivity index is 1.69. The molecule has 0 fully saturated rings. The molecular formula is C15H17N3O4. The third kappa shape index (κ3) is 2.88. The fourth-order valence-electron chi connectivity index (χ4n) is 2.51. The first-order valence-corrected chi connectivity index (χ1v) is 7.08. The Morgan fingerprint density at radius 2 is 2.18 bits per heavy atom. The predicted molar refractivity (Wildman–Crippen MR) is 76.8 cm³/mol. The summed E-state index contributed by atoms with van der Waals surface area (Å²) in [5, 5.41) is 13.4. The molecule has 0 aliphatic carbocycles.